The van der Waals surface area contributed by atoms with Gasteiger partial charge in [-0.2, -0.15) is 4.89 Å². The van der Waals surface area contributed by atoms with E-state index in [9.17, 15) is 16.8 Å². The molecule has 0 aliphatic heterocycles. The molecule has 0 saturated heterocycles. The van der Waals surface area contributed by atoms with E-state index in [-0.39, 0.29) is 25.3 Å². The predicted octanol–water partition coefficient (Wildman–Crippen LogP) is 9.92. The molecule has 0 saturated carbocycles. The number of hydrogen-bond acceptors (Lipinski definition) is 6. The first kappa shape index (κ1) is 35.8. The van der Waals surface area contributed by atoms with Gasteiger partial charge < -0.3 is 4.89 Å². The van der Waals surface area contributed by atoms with Crippen molar-refractivity contribution in [3.63, 3.8) is 0 Å². The van der Waals surface area contributed by atoms with Crippen molar-refractivity contribution in [2.45, 2.75) is 129 Å². The van der Waals surface area contributed by atoms with Crippen molar-refractivity contribution in [1.82, 2.24) is 0 Å². The largest absolute Gasteiger partial charge is 0.336 e. The zero-order chi connectivity index (χ0) is 31.5. The van der Waals surface area contributed by atoms with Crippen LogP contribution in [0.15, 0.2) is 98.4 Å². The molecule has 0 atom stereocenters. The van der Waals surface area contributed by atoms with Gasteiger partial charge in [0, 0.05) is 0 Å². The van der Waals surface area contributed by atoms with E-state index in [4.69, 9.17) is 9.78 Å². The molecule has 0 aliphatic rings. The average molecular weight is 643 g/mol. The van der Waals surface area contributed by atoms with Crippen LogP contribution in [0.3, 0.4) is 0 Å². The molecule has 242 valence electrons. The third-order valence-corrected chi connectivity index (χ3v) is 11.4. The summed E-state index contributed by atoms with van der Waals surface area (Å²) >= 11 is 0. The fraction of sp³-hybridized carbons (Fsp3) is 0.500. The quantitative estimate of drug-likeness (QED) is 0.0581. The first-order chi connectivity index (χ1) is 21.4. The highest BCUT2D eigenvalue weighted by Crippen LogP contribution is 2.33. The Balaban J connectivity index is 1.42. The van der Waals surface area contributed by atoms with Gasteiger partial charge >= 0.3 is 0 Å². The molecule has 3 aromatic rings. The molecule has 0 radical (unpaired) electrons. The number of sulfone groups is 2. The highest BCUT2D eigenvalue weighted by atomic mass is 32.2. The van der Waals surface area contributed by atoms with Crippen molar-refractivity contribution < 1.29 is 26.6 Å². The smallest absolute Gasteiger partial charge is 0.210 e. The van der Waals surface area contributed by atoms with Crippen LogP contribution in [0.1, 0.15) is 110 Å². The van der Waals surface area contributed by atoms with Gasteiger partial charge in [0.2, 0.25) is 19.7 Å². The van der Waals surface area contributed by atoms with Crippen LogP contribution in [0.2, 0.25) is 0 Å². The number of rotatable bonds is 23. The Morgan fingerprint density at radius 1 is 0.477 bits per heavy atom. The number of benzene rings is 3. The van der Waals surface area contributed by atoms with Crippen molar-refractivity contribution in [3.8, 4) is 5.75 Å². The van der Waals surface area contributed by atoms with E-state index in [0.717, 1.165) is 25.3 Å². The highest BCUT2D eigenvalue weighted by molar-refractivity contribution is 7.92. The number of hydrogen-bond donors (Lipinski definition) is 0. The Hall–Kier alpha value is -2.68. The van der Waals surface area contributed by atoms with Gasteiger partial charge in [0.25, 0.3) is 0 Å². The van der Waals surface area contributed by atoms with Crippen LogP contribution in [0, 0.1) is 0 Å². The van der Waals surface area contributed by atoms with E-state index in [1.54, 1.807) is 36.4 Å². The molecule has 0 aliphatic carbocycles. The van der Waals surface area contributed by atoms with E-state index in [0.29, 0.717) is 6.61 Å². The molecule has 0 unspecified atom stereocenters. The van der Waals surface area contributed by atoms with Crippen LogP contribution in [-0.4, -0.2) is 23.4 Å². The Kier molecular flexibility index (Phi) is 16.0. The first-order valence-electron chi connectivity index (χ1n) is 16.4. The van der Waals surface area contributed by atoms with Crippen LogP contribution in [0.5, 0.6) is 5.75 Å². The lowest BCUT2D eigenvalue weighted by Gasteiger charge is -2.13. The van der Waals surface area contributed by atoms with Crippen LogP contribution in [-0.2, 0) is 24.6 Å². The van der Waals surface area contributed by atoms with E-state index in [1.807, 2.05) is 0 Å². The van der Waals surface area contributed by atoms with Gasteiger partial charge in [-0.1, -0.05) is 140 Å². The minimum absolute atomic E-state index is 0.0388. The summed E-state index contributed by atoms with van der Waals surface area (Å²) in [5, 5.41) is 0. The topological polar surface area (TPSA) is 86.7 Å². The van der Waals surface area contributed by atoms with E-state index in [1.165, 1.54) is 120 Å². The Bertz CT molecular complexity index is 1420. The second kappa shape index (κ2) is 19.7. The Labute approximate surface area is 266 Å². The number of unbranched alkanes of at least 4 members (excludes halogenated alkanes) is 15. The fourth-order valence-corrected chi connectivity index (χ4v) is 8.01. The summed E-state index contributed by atoms with van der Waals surface area (Å²) in [7, 11) is -8.01. The predicted molar refractivity (Wildman–Crippen MR) is 176 cm³/mol. The summed E-state index contributed by atoms with van der Waals surface area (Å²) < 4.78 is 53.5. The lowest BCUT2D eigenvalue weighted by molar-refractivity contribution is -0.209. The molecular formula is C36H50O6S2. The minimum atomic E-state index is -4.08. The molecule has 6 nitrogen and oxygen atoms in total. The summed E-state index contributed by atoms with van der Waals surface area (Å²) in [6.07, 6.45) is 20.4. The molecule has 0 fully saturated rings. The second-order valence-electron chi connectivity index (χ2n) is 11.5. The molecule has 0 aromatic heterocycles. The second-order valence-corrected chi connectivity index (χ2v) is 15.3. The molecule has 0 N–H and O–H groups in total. The summed E-state index contributed by atoms with van der Waals surface area (Å²) in [6.45, 7) is 2.58. The van der Waals surface area contributed by atoms with Gasteiger partial charge in [-0.25, -0.2) is 16.8 Å². The Morgan fingerprint density at radius 3 is 1.39 bits per heavy atom. The lowest BCUT2D eigenvalue weighted by atomic mass is 10.0. The van der Waals surface area contributed by atoms with Gasteiger partial charge in [-0.05, 0) is 48.9 Å². The third kappa shape index (κ3) is 11.7. The average Bonchev–Trinajstić information content (AvgIpc) is 3.05. The molecule has 8 heteroatoms. The maximum Gasteiger partial charge on any atom is 0.210 e. The van der Waals surface area contributed by atoms with Gasteiger partial charge in [-0.15, -0.1) is 0 Å². The van der Waals surface area contributed by atoms with Crippen molar-refractivity contribution in [3.05, 3.63) is 78.9 Å². The molecular weight excluding hydrogens is 593 g/mol. The van der Waals surface area contributed by atoms with Crippen LogP contribution in [0.4, 0.5) is 0 Å². The zero-order valence-electron chi connectivity index (χ0n) is 26.3. The minimum Gasteiger partial charge on any atom is -0.336 e. The molecule has 3 rings (SSSR count). The highest BCUT2D eigenvalue weighted by Gasteiger charge is 2.27. The lowest BCUT2D eigenvalue weighted by Crippen LogP contribution is -2.09. The molecule has 44 heavy (non-hydrogen) atoms. The van der Waals surface area contributed by atoms with Crippen LogP contribution in [0.25, 0.3) is 0 Å². The maximum atomic E-state index is 13.5. The molecule has 0 amide bonds. The van der Waals surface area contributed by atoms with E-state index in [2.05, 4.69) is 6.92 Å². The summed E-state index contributed by atoms with van der Waals surface area (Å²) in [4.78, 5) is 10.6. The Morgan fingerprint density at radius 2 is 0.909 bits per heavy atom. The van der Waals surface area contributed by atoms with Crippen molar-refractivity contribution in [1.29, 1.82) is 0 Å². The van der Waals surface area contributed by atoms with Crippen LogP contribution >= 0.6 is 0 Å². The molecule has 3 aromatic carbocycles. The van der Waals surface area contributed by atoms with Gasteiger partial charge in [-0.3, -0.25) is 0 Å². The van der Waals surface area contributed by atoms with Crippen molar-refractivity contribution in [2.24, 2.45) is 0 Å². The van der Waals surface area contributed by atoms with Gasteiger partial charge in [0.05, 0.1) is 21.3 Å². The van der Waals surface area contributed by atoms with Crippen LogP contribution < -0.4 is 4.89 Å². The van der Waals surface area contributed by atoms with Crippen molar-refractivity contribution >= 4 is 19.7 Å². The SMILES string of the molecule is CCCCCCCCCCCCCCCCCCOOc1ccc(S(=O)(=O)c2ccccc2)cc1S(=O)(=O)c1ccccc1. The van der Waals surface area contributed by atoms with Gasteiger partial charge in [0.15, 0.2) is 5.75 Å². The van der Waals surface area contributed by atoms with Crippen molar-refractivity contribution in [2.75, 3.05) is 6.61 Å². The summed E-state index contributed by atoms with van der Waals surface area (Å²) in [5.74, 6) is -0.0441. The summed E-state index contributed by atoms with van der Waals surface area (Å²) in [6, 6.07) is 19.7. The molecule has 0 bridgehead atoms. The summed E-state index contributed by atoms with van der Waals surface area (Å²) in [5.41, 5.74) is 0. The fourth-order valence-electron chi connectivity index (χ4n) is 5.21. The standard InChI is InChI=1S/C36H50O6S2/c1-2-3-4-5-6-7-8-9-10-11-12-13-14-15-16-23-30-41-42-35-29-28-34(43(37,38)32-24-19-17-20-25-32)31-36(35)44(39,40)33-26-21-18-22-27-33/h17-22,24-29,31H,2-16,23,30H2,1H3. The molecule has 0 spiro atoms. The molecule has 0 heterocycles. The maximum absolute atomic E-state index is 13.5. The van der Waals surface area contributed by atoms with E-state index < -0.39 is 19.7 Å². The van der Waals surface area contributed by atoms with Gasteiger partial charge in [0.1, 0.15) is 4.90 Å². The third-order valence-electron chi connectivity index (χ3n) is 7.85. The normalized spacial score (nSPS) is 11.9. The first-order valence-corrected chi connectivity index (χ1v) is 19.4. The van der Waals surface area contributed by atoms with E-state index >= 15 is 0 Å². The zero-order valence-corrected chi connectivity index (χ0v) is 27.9. The monoisotopic (exact) mass is 642 g/mol.